The molecule has 0 spiro atoms. The second kappa shape index (κ2) is 6.27. The van der Waals surface area contributed by atoms with E-state index in [9.17, 15) is 23.2 Å². The van der Waals surface area contributed by atoms with Gasteiger partial charge in [-0.3, -0.25) is 4.79 Å². The number of amides is 1. The maximum absolute atomic E-state index is 13.5. The number of nitriles is 1. The quantitative estimate of drug-likeness (QED) is 0.810. The van der Waals surface area contributed by atoms with Gasteiger partial charge in [0.2, 0.25) is 5.91 Å². The predicted octanol–water partition coefficient (Wildman–Crippen LogP) is 3.11. The van der Waals surface area contributed by atoms with Gasteiger partial charge in [0.1, 0.15) is 0 Å². The van der Waals surface area contributed by atoms with Gasteiger partial charge in [0.05, 0.1) is 36.0 Å². The molecule has 0 N–H and O–H groups in total. The van der Waals surface area contributed by atoms with Gasteiger partial charge < -0.3 is 9.64 Å². The second-order valence-electron chi connectivity index (χ2n) is 7.38. The van der Waals surface area contributed by atoms with Gasteiger partial charge in [-0.05, 0) is 18.4 Å². The summed E-state index contributed by atoms with van der Waals surface area (Å²) < 4.78 is 45.9. The molecule has 3 fully saturated rings. The van der Waals surface area contributed by atoms with Gasteiger partial charge in [0, 0.05) is 19.0 Å². The second-order valence-corrected chi connectivity index (χ2v) is 7.38. The maximum atomic E-state index is 13.5. The van der Waals surface area contributed by atoms with Gasteiger partial charge >= 0.3 is 6.18 Å². The van der Waals surface area contributed by atoms with Crippen molar-refractivity contribution in [2.45, 2.75) is 37.1 Å². The third-order valence-corrected chi connectivity index (χ3v) is 5.96. The Bertz CT molecular complexity index is 731. The van der Waals surface area contributed by atoms with Gasteiger partial charge in [-0.1, -0.05) is 30.3 Å². The fraction of sp³-hybridized carbons (Fsp3) is 0.579. The lowest BCUT2D eigenvalue weighted by atomic mass is 9.78. The highest BCUT2D eigenvalue weighted by Gasteiger charge is 2.63. The number of carbonyl (C=O) groups is 1. The first-order chi connectivity index (χ1) is 12.4. The summed E-state index contributed by atoms with van der Waals surface area (Å²) in [7, 11) is 0. The Morgan fingerprint density at radius 2 is 1.85 bits per heavy atom. The average Bonchev–Trinajstić information content (AvgIpc) is 3.34. The third kappa shape index (κ3) is 2.77. The Morgan fingerprint density at radius 1 is 1.15 bits per heavy atom. The molecule has 6 atom stereocenters. The number of carbonyl (C=O) groups excluding carboxylic acids is 1. The van der Waals surface area contributed by atoms with Crippen molar-refractivity contribution in [2.75, 3.05) is 13.1 Å². The summed E-state index contributed by atoms with van der Waals surface area (Å²) in [6.45, 7) is 0.451. The number of likely N-dealkylation sites (tertiary alicyclic amines) is 1. The lowest BCUT2D eigenvalue weighted by Gasteiger charge is -2.31. The van der Waals surface area contributed by atoms with E-state index in [1.54, 1.807) is 0 Å². The average molecular weight is 364 g/mol. The van der Waals surface area contributed by atoms with Crippen LogP contribution in [0.1, 0.15) is 24.3 Å². The number of nitrogens with zero attached hydrogens (tertiary/aromatic N) is 2. The molecule has 2 bridgehead atoms. The Balaban J connectivity index is 1.56. The van der Waals surface area contributed by atoms with E-state index in [1.165, 1.54) is 4.90 Å². The van der Waals surface area contributed by atoms with E-state index in [0.717, 1.165) is 5.56 Å². The first kappa shape index (κ1) is 17.3. The zero-order valence-corrected chi connectivity index (χ0v) is 14.0. The molecule has 3 aliphatic rings. The molecule has 0 radical (unpaired) electrons. The van der Waals surface area contributed by atoms with Crippen molar-refractivity contribution in [1.29, 1.82) is 5.26 Å². The molecule has 4 nitrogen and oxygen atoms in total. The molecule has 0 aliphatic carbocycles. The number of alkyl halides is 3. The number of ether oxygens (including phenoxy) is 1. The monoisotopic (exact) mass is 364 g/mol. The summed E-state index contributed by atoms with van der Waals surface area (Å²) in [4.78, 5) is 14.4. The van der Waals surface area contributed by atoms with Crippen molar-refractivity contribution < 1.29 is 22.7 Å². The van der Waals surface area contributed by atoms with Crippen molar-refractivity contribution in [2.24, 2.45) is 17.8 Å². The number of fused-ring (bicyclic) bond motifs is 2. The minimum Gasteiger partial charge on any atom is -0.373 e. The highest BCUT2D eigenvalue weighted by molar-refractivity contribution is 5.81. The van der Waals surface area contributed by atoms with Crippen molar-refractivity contribution in [1.82, 2.24) is 4.90 Å². The van der Waals surface area contributed by atoms with E-state index in [1.807, 2.05) is 30.3 Å². The van der Waals surface area contributed by atoms with Gasteiger partial charge in [-0.15, -0.1) is 0 Å². The van der Waals surface area contributed by atoms with Crippen LogP contribution in [0, 0.1) is 29.1 Å². The van der Waals surface area contributed by atoms with E-state index in [-0.39, 0.29) is 19.0 Å². The summed E-state index contributed by atoms with van der Waals surface area (Å²) in [6.07, 6.45) is -5.17. The Kier molecular flexibility index (Phi) is 4.19. The molecular formula is C19H19F3N2O2. The minimum absolute atomic E-state index is 0.172. The van der Waals surface area contributed by atoms with Crippen LogP contribution in [0.5, 0.6) is 0 Å². The first-order valence-corrected chi connectivity index (χ1v) is 8.85. The molecular weight excluding hydrogens is 345 g/mol. The van der Waals surface area contributed by atoms with Crippen LogP contribution < -0.4 is 0 Å². The standard InChI is InChI=1S/C19H19F3N2O2/c20-19(21,22)17-15-7-6-14(26-15)16(17)18(25)24-9-12(8-23)13(10-24)11-4-2-1-3-5-11/h1-5,12-17H,6-7,9-10H2/t12-,13+,14?,15?,16?,17?/m1/s1. The lowest BCUT2D eigenvalue weighted by molar-refractivity contribution is -0.199. The molecule has 138 valence electrons. The summed E-state index contributed by atoms with van der Waals surface area (Å²) in [5.74, 6) is -4.01. The molecule has 3 heterocycles. The van der Waals surface area contributed by atoms with Crippen LogP contribution in [0.2, 0.25) is 0 Å². The molecule has 1 amide bonds. The summed E-state index contributed by atoms with van der Waals surface area (Å²) in [6, 6.07) is 11.6. The Labute approximate surface area is 149 Å². The minimum atomic E-state index is -4.45. The normalized spacial score (nSPS) is 36.3. The van der Waals surface area contributed by atoms with Crippen LogP contribution in [0.15, 0.2) is 30.3 Å². The van der Waals surface area contributed by atoms with Crippen LogP contribution in [0.3, 0.4) is 0 Å². The molecule has 3 saturated heterocycles. The Morgan fingerprint density at radius 3 is 2.50 bits per heavy atom. The first-order valence-electron chi connectivity index (χ1n) is 8.85. The molecule has 7 heteroatoms. The SMILES string of the molecule is N#C[C@@H]1CN(C(=O)C2C3CCC(O3)C2C(F)(F)F)C[C@H]1c1ccccc1. The van der Waals surface area contributed by atoms with Gasteiger partial charge in [0.25, 0.3) is 0 Å². The smallest absolute Gasteiger partial charge is 0.373 e. The van der Waals surface area contributed by atoms with Crippen LogP contribution in [0.4, 0.5) is 13.2 Å². The molecule has 4 rings (SSSR count). The van der Waals surface area contributed by atoms with Crippen LogP contribution in [0.25, 0.3) is 0 Å². The van der Waals surface area contributed by atoms with Crippen molar-refractivity contribution >= 4 is 5.91 Å². The van der Waals surface area contributed by atoms with Crippen molar-refractivity contribution in [3.63, 3.8) is 0 Å². The fourth-order valence-electron chi connectivity index (χ4n) is 4.77. The summed E-state index contributed by atoms with van der Waals surface area (Å²) >= 11 is 0. The molecule has 0 aromatic heterocycles. The largest absolute Gasteiger partial charge is 0.395 e. The molecule has 3 aliphatic heterocycles. The zero-order valence-electron chi connectivity index (χ0n) is 14.0. The molecule has 0 saturated carbocycles. The Hall–Kier alpha value is -2.07. The van der Waals surface area contributed by atoms with E-state index < -0.39 is 42.0 Å². The highest BCUT2D eigenvalue weighted by Crippen LogP contribution is 2.51. The topological polar surface area (TPSA) is 53.3 Å². The maximum Gasteiger partial charge on any atom is 0.395 e. The van der Waals surface area contributed by atoms with Crippen LogP contribution in [-0.2, 0) is 9.53 Å². The number of halogens is 3. The highest BCUT2D eigenvalue weighted by atomic mass is 19.4. The van der Waals surface area contributed by atoms with Gasteiger partial charge in [0.15, 0.2) is 0 Å². The van der Waals surface area contributed by atoms with E-state index >= 15 is 0 Å². The zero-order chi connectivity index (χ0) is 18.5. The third-order valence-electron chi connectivity index (χ3n) is 5.96. The predicted molar refractivity (Wildman–Crippen MR) is 85.8 cm³/mol. The van der Waals surface area contributed by atoms with Gasteiger partial charge in [-0.25, -0.2) is 0 Å². The van der Waals surface area contributed by atoms with Crippen LogP contribution in [-0.4, -0.2) is 42.3 Å². The van der Waals surface area contributed by atoms with E-state index in [4.69, 9.17) is 4.74 Å². The number of hydrogen-bond donors (Lipinski definition) is 0. The number of benzene rings is 1. The molecule has 4 unspecified atom stereocenters. The van der Waals surface area contributed by atoms with Crippen LogP contribution >= 0.6 is 0 Å². The van der Waals surface area contributed by atoms with Crippen molar-refractivity contribution in [3.05, 3.63) is 35.9 Å². The molecule has 1 aromatic rings. The van der Waals surface area contributed by atoms with Gasteiger partial charge in [-0.2, -0.15) is 18.4 Å². The van der Waals surface area contributed by atoms with E-state index in [2.05, 4.69) is 6.07 Å². The molecule has 26 heavy (non-hydrogen) atoms. The summed E-state index contributed by atoms with van der Waals surface area (Å²) in [5, 5.41) is 9.46. The molecule has 1 aromatic carbocycles. The van der Waals surface area contributed by atoms with E-state index in [0.29, 0.717) is 12.8 Å². The lowest BCUT2D eigenvalue weighted by Crippen LogP contribution is -2.47. The fourth-order valence-corrected chi connectivity index (χ4v) is 4.77. The summed E-state index contributed by atoms with van der Waals surface area (Å²) in [5.41, 5.74) is 0.936. The number of rotatable bonds is 2. The number of hydrogen-bond acceptors (Lipinski definition) is 3. The van der Waals surface area contributed by atoms with Crippen molar-refractivity contribution in [3.8, 4) is 6.07 Å².